The predicted molar refractivity (Wildman–Crippen MR) is 197 cm³/mol. The Morgan fingerprint density at radius 3 is 1.83 bits per heavy atom. The van der Waals surface area contributed by atoms with Gasteiger partial charge in [0.2, 0.25) is 0 Å². The summed E-state index contributed by atoms with van der Waals surface area (Å²) in [4.78, 5) is 2.65. The molecule has 1 aliphatic heterocycles. The van der Waals surface area contributed by atoms with Gasteiger partial charge in [0, 0.05) is 25.9 Å². The quantitative estimate of drug-likeness (QED) is 0.178. The molecule has 8 aromatic carbocycles. The highest BCUT2D eigenvalue weighted by atomic mass is 32.2. The molecule has 2 heterocycles. The summed E-state index contributed by atoms with van der Waals surface area (Å²) in [6, 6.07) is 61.1. The fourth-order valence-corrected chi connectivity index (χ4v) is 10.2. The van der Waals surface area contributed by atoms with E-state index in [1.165, 1.54) is 92.2 Å². The first-order chi connectivity index (χ1) is 23.3. The minimum Gasteiger partial charge on any atom is -0.307 e. The third-order valence-electron chi connectivity index (χ3n) is 10.6. The van der Waals surface area contributed by atoms with Crippen molar-refractivity contribution in [2.24, 2.45) is 0 Å². The van der Waals surface area contributed by atoms with E-state index in [1.807, 2.05) is 11.8 Å². The molecule has 0 saturated carbocycles. The van der Waals surface area contributed by atoms with Crippen LogP contribution in [0.3, 0.4) is 0 Å². The Hall–Kier alpha value is -5.57. The zero-order valence-electron chi connectivity index (χ0n) is 25.4. The second-order valence-corrected chi connectivity index (χ2v) is 13.8. The third-order valence-corrected chi connectivity index (χ3v) is 11.8. The van der Waals surface area contributed by atoms with Gasteiger partial charge < -0.3 is 4.57 Å². The molecule has 2 heteroatoms. The van der Waals surface area contributed by atoms with Crippen molar-refractivity contribution in [2.75, 3.05) is 0 Å². The van der Waals surface area contributed by atoms with Gasteiger partial charge in [0.15, 0.2) is 0 Å². The number of aromatic nitrogens is 1. The van der Waals surface area contributed by atoms with Crippen LogP contribution < -0.4 is 0 Å². The molecule has 1 aliphatic carbocycles. The molecule has 0 radical (unpaired) electrons. The van der Waals surface area contributed by atoms with Gasteiger partial charge in [-0.25, -0.2) is 0 Å². The number of hydrogen-bond donors (Lipinski definition) is 0. The van der Waals surface area contributed by atoms with E-state index in [4.69, 9.17) is 0 Å². The standard InChI is InChI=1S/C45H27NS/c1-3-15-30-28(12-1)14-11-22-39(30)46-40-27-24-29-13-2-4-16-31(29)42(40)34-25-26-38-44(43(34)46)47-41-23-10-9-21-37(41)45(38)35-19-7-5-17-32(35)33-18-6-8-20-36(33)45/h1-27H. The largest absolute Gasteiger partial charge is 0.307 e. The summed E-state index contributed by atoms with van der Waals surface area (Å²) in [6.45, 7) is 0. The lowest BCUT2D eigenvalue weighted by Gasteiger charge is -2.40. The Labute approximate surface area is 276 Å². The normalized spacial score (nSPS) is 14.0. The minimum atomic E-state index is -0.416. The van der Waals surface area contributed by atoms with Crippen molar-refractivity contribution in [3.05, 3.63) is 186 Å². The Balaban J connectivity index is 1.38. The highest BCUT2D eigenvalue weighted by Crippen LogP contribution is 2.63. The van der Waals surface area contributed by atoms with Crippen molar-refractivity contribution in [3.63, 3.8) is 0 Å². The van der Waals surface area contributed by atoms with Gasteiger partial charge >= 0.3 is 0 Å². The Kier molecular flexibility index (Phi) is 5.04. The van der Waals surface area contributed by atoms with E-state index < -0.39 is 5.41 Å². The SMILES string of the molecule is c1ccc2c(c1)Sc1c(ccc3c4c5ccccc5ccc4n(-c4cccc5ccccc45)c13)C21c2ccccc2-c2ccccc21. The smallest absolute Gasteiger partial charge is 0.0736 e. The molecular weight excluding hydrogens is 587 g/mol. The number of benzene rings is 8. The van der Waals surface area contributed by atoms with Gasteiger partial charge in [-0.3, -0.25) is 0 Å². The maximum Gasteiger partial charge on any atom is 0.0736 e. The van der Waals surface area contributed by atoms with E-state index in [0.29, 0.717) is 0 Å². The zero-order chi connectivity index (χ0) is 30.7. The van der Waals surface area contributed by atoms with Crippen LogP contribution in [0.2, 0.25) is 0 Å². The molecule has 0 atom stereocenters. The second-order valence-electron chi connectivity index (χ2n) is 12.8. The Bertz CT molecular complexity index is 2730. The molecule has 0 N–H and O–H groups in total. The van der Waals surface area contributed by atoms with Gasteiger partial charge in [0.05, 0.1) is 22.1 Å². The predicted octanol–water partition coefficient (Wildman–Crippen LogP) is 11.9. The summed E-state index contributed by atoms with van der Waals surface area (Å²) in [5.41, 5.74) is 11.4. The van der Waals surface area contributed by atoms with Crippen molar-refractivity contribution >= 4 is 55.1 Å². The van der Waals surface area contributed by atoms with Crippen LogP contribution in [0.15, 0.2) is 174 Å². The summed E-state index contributed by atoms with van der Waals surface area (Å²) >= 11 is 1.94. The summed E-state index contributed by atoms with van der Waals surface area (Å²) in [5, 5.41) is 7.68. The van der Waals surface area contributed by atoms with Crippen LogP contribution in [-0.2, 0) is 5.41 Å². The van der Waals surface area contributed by atoms with E-state index in [2.05, 4.69) is 168 Å². The number of rotatable bonds is 1. The van der Waals surface area contributed by atoms with E-state index in [1.54, 1.807) is 0 Å². The lowest BCUT2D eigenvalue weighted by Crippen LogP contribution is -2.32. The number of nitrogens with zero attached hydrogens (tertiary/aromatic N) is 1. The molecule has 11 rings (SSSR count). The number of fused-ring (bicyclic) bond motifs is 16. The lowest BCUT2D eigenvalue weighted by molar-refractivity contribution is 0.724. The molecule has 0 fully saturated rings. The highest BCUT2D eigenvalue weighted by molar-refractivity contribution is 7.99. The maximum absolute atomic E-state index is 2.57. The van der Waals surface area contributed by atoms with Crippen LogP contribution in [0.4, 0.5) is 0 Å². The van der Waals surface area contributed by atoms with Crippen molar-refractivity contribution < 1.29 is 0 Å². The van der Waals surface area contributed by atoms with Gasteiger partial charge in [-0.1, -0.05) is 157 Å². The molecule has 218 valence electrons. The molecule has 0 bridgehead atoms. The molecule has 0 amide bonds. The summed E-state index contributed by atoms with van der Waals surface area (Å²) in [5.74, 6) is 0. The molecular formula is C45H27NS. The average molecular weight is 614 g/mol. The number of hydrogen-bond acceptors (Lipinski definition) is 1. The van der Waals surface area contributed by atoms with Gasteiger partial charge in [0.25, 0.3) is 0 Å². The van der Waals surface area contributed by atoms with Gasteiger partial charge in [0.1, 0.15) is 0 Å². The molecule has 0 saturated heterocycles. The topological polar surface area (TPSA) is 4.93 Å². The van der Waals surface area contributed by atoms with Crippen LogP contribution >= 0.6 is 11.8 Å². The summed E-state index contributed by atoms with van der Waals surface area (Å²) in [6.07, 6.45) is 0. The van der Waals surface area contributed by atoms with Crippen molar-refractivity contribution in [1.29, 1.82) is 0 Å². The molecule has 1 spiro atoms. The Morgan fingerprint density at radius 1 is 0.426 bits per heavy atom. The fourth-order valence-electron chi connectivity index (χ4n) is 8.83. The molecule has 1 nitrogen and oxygen atoms in total. The van der Waals surface area contributed by atoms with E-state index in [0.717, 1.165) is 0 Å². The van der Waals surface area contributed by atoms with Crippen LogP contribution in [0.25, 0.3) is 60.2 Å². The molecule has 1 aromatic heterocycles. The molecule has 9 aromatic rings. The first-order valence-corrected chi connectivity index (χ1v) is 17.1. The zero-order valence-corrected chi connectivity index (χ0v) is 26.3. The lowest BCUT2D eigenvalue weighted by atomic mass is 9.67. The van der Waals surface area contributed by atoms with E-state index in [-0.39, 0.29) is 0 Å². The summed E-state index contributed by atoms with van der Waals surface area (Å²) < 4.78 is 2.57. The first kappa shape index (κ1) is 25.6. The van der Waals surface area contributed by atoms with Crippen LogP contribution in [0.1, 0.15) is 22.3 Å². The second kappa shape index (κ2) is 9.25. The van der Waals surface area contributed by atoms with Crippen LogP contribution in [-0.4, -0.2) is 4.57 Å². The molecule has 0 unspecified atom stereocenters. The van der Waals surface area contributed by atoms with Crippen molar-refractivity contribution in [3.8, 4) is 16.8 Å². The third kappa shape index (κ3) is 3.16. The van der Waals surface area contributed by atoms with Crippen LogP contribution in [0, 0.1) is 0 Å². The summed E-state index contributed by atoms with van der Waals surface area (Å²) in [7, 11) is 0. The maximum atomic E-state index is 2.57. The van der Waals surface area contributed by atoms with Gasteiger partial charge in [-0.05, 0) is 67.7 Å². The monoisotopic (exact) mass is 613 g/mol. The fraction of sp³-hybridized carbons (Fsp3) is 0.0222. The van der Waals surface area contributed by atoms with Crippen molar-refractivity contribution in [2.45, 2.75) is 15.2 Å². The van der Waals surface area contributed by atoms with Crippen molar-refractivity contribution in [1.82, 2.24) is 4.57 Å². The average Bonchev–Trinajstić information content (AvgIpc) is 3.63. The first-order valence-electron chi connectivity index (χ1n) is 16.3. The Morgan fingerprint density at radius 2 is 1.04 bits per heavy atom. The molecule has 2 aliphatic rings. The van der Waals surface area contributed by atoms with E-state index >= 15 is 0 Å². The molecule has 47 heavy (non-hydrogen) atoms. The van der Waals surface area contributed by atoms with Gasteiger partial charge in [-0.15, -0.1) is 0 Å². The highest BCUT2D eigenvalue weighted by Gasteiger charge is 2.50. The van der Waals surface area contributed by atoms with E-state index in [9.17, 15) is 0 Å². The minimum absolute atomic E-state index is 0.416. The van der Waals surface area contributed by atoms with Crippen LogP contribution in [0.5, 0.6) is 0 Å². The van der Waals surface area contributed by atoms with Gasteiger partial charge in [-0.2, -0.15) is 0 Å².